The third-order valence-corrected chi connectivity index (χ3v) is 2.94. The number of methoxy groups -OCH3 is 1. The first kappa shape index (κ1) is 14.5. The Morgan fingerprint density at radius 3 is 2.55 bits per heavy atom. The molecular formula is C16H18O4. The van der Waals surface area contributed by atoms with Crippen LogP contribution < -0.4 is 4.74 Å². The van der Waals surface area contributed by atoms with Crippen LogP contribution in [0.5, 0.6) is 5.75 Å². The normalized spacial score (nSPS) is 12.3. The molecule has 0 heterocycles. The zero-order valence-corrected chi connectivity index (χ0v) is 11.6. The molecule has 2 aromatic carbocycles. The molecule has 0 fully saturated rings. The molecule has 0 aliphatic rings. The van der Waals surface area contributed by atoms with E-state index in [1.165, 1.54) is 7.11 Å². The summed E-state index contributed by atoms with van der Waals surface area (Å²) in [5.41, 5.74) is 0.617. The third kappa shape index (κ3) is 3.15. The van der Waals surface area contributed by atoms with Gasteiger partial charge in [-0.1, -0.05) is 24.3 Å². The quantitative estimate of drug-likeness (QED) is 0.822. The van der Waals surface area contributed by atoms with Crippen molar-refractivity contribution in [3.05, 3.63) is 42.0 Å². The van der Waals surface area contributed by atoms with E-state index in [0.717, 1.165) is 10.8 Å². The number of rotatable bonds is 6. The summed E-state index contributed by atoms with van der Waals surface area (Å²) >= 11 is 0. The van der Waals surface area contributed by atoms with Crippen molar-refractivity contribution in [3.8, 4) is 5.75 Å². The fourth-order valence-corrected chi connectivity index (χ4v) is 2.06. The number of ketones is 1. The molecule has 0 aliphatic heterocycles. The zero-order chi connectivity index (χ0) is 14.5. The summed E-state index contributed by atoms with van der Waals surface area (Å²) in [7, 11) is 1.50. The highest BCUT2D eigenvalue weighted by atomic mass is 16.5. The van der Waals surface area contributed by atoms with Crippen LogP contribution in [-0.2, 0) is 4.74 Å². The molecule has 0 radical (unpaired) electrons. The minimum atomic E-state index is -0.538. The van der Waals surface area contributed by atoms with Crippen molar-refractivity contribution in [2.75, 3.05) is 20.3 Å². The molecule has 0 aromatic heterocycles. The first-order valence-corrected chi connectivity index (χ1v) is 6.48. The maximum atomic E-state index is 12.0. The number of fused-ring (bicyclic) bond motifs is 1. The number of carbonyl (C=O) groups is 1. The van der Waals surface area contributed by atoms with Gasteiger partial charge in [0.1, 0.15) is 19.0 Å². The van der Waals surface area contributed by atoms with Gasteiger partial charge in [0.05, 0.1) is 6.10 Å². The molecule has 0 saturated heterocycles. The van der Waals surface area contributed by atoms with Crippen LogP contribution in [0.4, 0.5) is 0 Å². The Balaban J connectivity index is 2.44. The number of ether oxygens (including phenoxy) is 2. The Kier molecular flexibility index (Phi) is 4.71. The third-order valence-electron chi connectivity index (χ3n) is 2.94. The van der Waals surface area contributed by atoms with Crippen molar-refractivity contribution < 1.29 is 19.4 Å². The first-order valence-electron chi connectivity index (χ1n) is 6.48. The standard InChI is InChI=1S/C16H18O4/c1-11(17)9-20-16-8-7-13(15(18)10-19-2)12-5-3-4-6-14(12)16/h3-8,11,17H,9-10H2,1-2H3/t11-/m0/s1. The summed E-state index contributed by atoms with van der Waals surface area (Å²) in [6.45, 7) is 1.94. The summed E-state index contributed by atoms with van der Waals surface area (Å²) in [6, 6.07) is 11.0. The van der Waals surface area contributed by atoms with Crippen LogP contribution in [0.2, 0.25) is 0 Å². The number of hydrogen-bond donors (Lipinski definition) is 1. The minimum absolute atomic E-state index is 0.0534. The second kappa shape index (κ2) is 6.50. The van der Waals surface area contributed by atoms with Gasteiger partial charge in [-0.05, 0) is 24.4 Å². The number of benzene rings is 2. The Labute approximate surface area is 117 Å². The molecule has 0 amide bonds. The summed E-state index contributed by atoms with van der Waals surface area (Å²) in [5, 5.41) is 11.0. The van der Waals surface area contributed by atoms with E-state index in [-0.39, 0.29) is 19.0 Å². The first-order chi connectivity index (χ1) is 9.63. The van der Waals surface area contributed by atoms with Gasteiger partial charge in [0, 0.05) is 18.1 Å². The Morgan fingerprint density at radius 2 is 1.90 bits per heavy atom. The van der Waals surface area contributed by atoms with Gasteiger partial charge < -0.3 is 14.6 Å². The maximum absolute atomic E-state index is 12.0. The molecule has 2 aromatic rings. The van der Waals surface area contributed by atoms with E-state index in [9.17, 15) is 9.90 Å². The summed E-state index contributed by atoms with van der Waals surface area (Å²) in [4.78, 5) is 12.0. The van der Waals surface area contributed by atoms with Gasteiger partial charge in [-0.2, -0.15) is 0 Å². The number of carbonyl (C=O) groups excluding carboxylic acids is 1. The number of hydrogen-bond acceptors (Lipinski definition) is 4. The average Bonchev–Trinajstić information content (AvgIpc) is 2.44. The van der Waals surface area contributed by atoms with E-state index in [0.29, 0.717) is 11.3 Å². The Bertz CT molecular complexity index is 604. The van der Waals surface area contributed by atoms with Gasteiger partial charge in [0.25, 0.3) is 0 Å². The lowest BCUT2D eigenvalue weighted by molar-refractivity contribution is 0.0849. The lowest BCUT2D eigenvalue weighted by Crippen LogP contribution is -2.13. The van der Waals surface area contributed by atoms with Crippen molar-refractivity contribution in [1.82, 2.24) is 0 Å². The lowest BCUT2D eigenvalue weighted by Gasteiger charge is -2.13. The summed E-state index contributed by atoms with van der Waals surface area (Å²) < 4.78 is 10.5. The fourth-order valence-electron chi connectivity index (χ4n) is 2.06. The van der Waals surface area contributed by atoms with Gasteiger partial charge in [0.15, 0.2) is 5.78 Å². The monoisotopic (exact) mass is 274 g/mol. The van der Waals surface area contributed by atoms with E-state index >= 15 is 0 Å². The summed E-state index contributed by atoms with van der Waals surface area (Å²) in [5.74, 6) is 0.598. The predicted octanol–water partition coefficient (Wildman–Crippen LogP) is 2.43. The van der Waals surface area contributed by atoms with Crippen LogP contribution in [-0.4, -0.2) is 37.3 Å². The van der Waals surface area contributed by atoms with Crippen LogP contribution in [0.3, 0.4) is 0 Å². The van der Waals surface area contributed by atoms with Crippen molar-refractivity contribution >= 4 is 16.6 Å². The van der Waals surface area contributed by atoms with E-state index in [1.54, 1.807) is 19.1 Å². The molecule has 1 N–H and O–H groups in total. The number of aliphatic hydroxyl groups excluding tert-OH is 1. The topological polar surface area (TPSA) is 55.8 Å². The van der Waals surface area contributed by atoms with E-state index in [4.69, 9.17) is 9.47 Å². The van der Waals surface area contributed by atoms with Crippen LogP contribution >= 0.6 is 0 Å². The SMILES string of the molecule is COCC(=O)c1ccc(OC[C@H](C)O)c2ccccc12. The highest BCUT2D eigenvalue weighted by molar-refractivity contribution is 6.10. The minimum Gasteiger partial charge on any atom is -0.490 e. The molecular weight excluding hydrogens is 256 g/mol. The smallest absolute Gasteiger partial charge is 0.189 e. The van der Waals surface area contributed by atoms with Gasteiger partial charge in [-0.3, -0.25) is 4.79 Å². The van der Waals surface area contributed by atoms with Crippen molar-refractivity contribution in [1.29, 1.82) is 0 Å². The van der Waals surface area contributed by atoms with E-state index in [2.05, 4.69) is 0 Å². The van der Waals surface area contributed by atoms with Gasteiger partial charge in [0.2, 0.25) is 0 Å². The molecule has 0 bridgehead atoms. The predicted molar refractivity (Wildman–Crippen MR) is 77.3 cm³/mol. The van der Waals surface area contributed by atoms with Gasteiger partial charge in [-0.15, -0.1) is 0 Å². The van der Waals surface area contributed by atoms with Crippen LogP contribution in [0.1, 0.15) is 17.3 Å². The summed E-state index contributed by atoms with van der Waals surface area (Å²) in [6.07, 6.45) is -0.538. The molecule has 0 spiro atoms. The molecule has 4 heteroatoms. The highest BCUT2D eigenvalue weighted by Gasteiger charge is 2.13. The highest BCUT2D eigenvalue weighted by Crippen LogP contribution is 2.29. The largest absolute Gasteiger partial charge is 0.490 e. The van der Waals surface area contributed by atoms with E-state index < -0.39 is 6.10 Å². The number of aliphatic hydroxyl groups is 1. The van der Waals surface area contributed by atoms with Gasteiger partial charge >= 0.3 is 0 Å². The van der Waals surface area contributed by atoms with Crippen molar-refractivity contribution in [2.45, 2.75) is 13.0 Å². The van der Waals surface area contributed by atoms with Crippen molar-refractivity contribution in [2.24, 2.45) is 0 Å². The van der Waals surface area contributed by atoms with Crippen LogP contribution in [0.25, 0.3) is 10.8 Å². The fraction of sp³-hybridized carbons (Fsp3) is 0.312. The Morgan fingerprint density at radius 1 is 1.20 bits per heavy atom. The Hall–Kier alpha value is -1.91. The van der Waals surface area contributed by atoms with Crippen molar-refractivity contribution in [3.63, 3.8) is 0 Å². The molecule has 4 nitrogen and oxygen atoms in total. The molecule has 0 unspecified atom stereocenters. The maximum Gasteiger partial charge on any atom is 0.189 e. The molecule has 106 valence electrons. The molecule has 0 saturated carbocycles. The number of Topliss-reactive ketones (excluding diaryl/α,β-unsaturated/α-hetero) is 1. The van der Waals surface area contributed by atoms with Crippen LogP contribution in [0.15, 0.2) is 36.4 Å². The second-order valence-corrected chi connectivity index (χ2v) is 4.67. The molecule has 2 rings (SSSR count). The molecule has 1 atom stereocenters. The lowest BCUT2D eigenvalue weighted by atomic mass is 10.0. The zero-order valence-electron chi connectivity index (χ0n) is 11.6. The average molecular weight is 274 g/mol. The van der Waals surface area contributed by atoms with Crippen LogP contribution in [0, 0.1) is 0 Å². The molecule has 20 heavy (non-hydrogen) atoms. The van der Waals surface area contributed by atoms with Gasteiger partial charge in [-0.25, -0.2) is 0 Å². The second-order valence-electron chi connectivity index (χ2n) is 4.67. The molecule has 0 aliphatic carbocycles. The van der Waals surface area contributed by atoms with E-state index in [1.807, 2.05) is 24.3 Å².